The normalized spacial score (nSPS) is 11.1. The molecule has 0 amide bonds. The van der Waals surface area contributed by atoms with Crippen LogP contribution in [0.15, 0.2) is 50.1 Å². The largest absolute Gasteiger partial charge is 0.496 e. The molecule has 26 heavy (non-hydrogen) atoms. The average molecular weight is 417 g/mol. The molecule has 1 heterocycles. The molecular weight excluding hydrogens is 400 g/mol. The SMILES string of the molecule is COc1ccc(/C=C/c2oc3cccc(OC)c3c(=O)c2Br)cc1OC. The smallest absolute Gasteiger partial charge is 0.211 e. The van der Waals surface area contributed by atoms with Crippen LogP contribution in [0.1, 0.15) is 11.3 Å². The summed E-state index contributed by atoms with van der Waals surface area (Å²) in [4.78, 5) is 12.7. The van der Waals surface area contributed by atoms with Crippen molar-refractivity contribution in [1.82, 2.24) is 0 Å². The van der Waals surface area contributed by atoms with Gasteiger partial charge in [0.1, 0.15) is 27.0 Å². The van der Waals surface area contributed by atoms with Crippen molar-refractivity contribution in [3.63, 3.8) is 0 Å². The van der Waals surface area contributed by atoms with Gasteiger partial charge in [-0.3, -0.25) is 4.79 Å². The van der Waals surface area contributed by atoms with Gasteiger partial charge in [0.25, 0.3) is 0 Å². The van der Waals surface area contributed by atoms with Gasteiger partial charge in [-0.05, 0) is 51.8 Å². The van der Waals surface area contributed by atoms with Crippen LogP contribution in [0, 0.1) is 0 Å². The Kier molecular flexibility index (Phi) is 5.32. The number of benzene rings is 2. The third-order valence-electron chi connectivity index (χ3n) is 3.91. The molecular formula is C20H17BrO5. The number of rotatable bonds is 5. The maximum absolute atomic E-state index is 12.7. The minimum atomic E-state index is -0.185. The topological polar surface area (TPSA) is 57.9 Å². The molecule has 0 bridgehead atoms. The molecule has 2 aromatic carbocycles. The van der Waals surface area contributed by atoms with Crippen LogP contribution in [-0.2, 0) is 0 Å². The molecule has 0 fully saturated rings. The second-order valence-electron chi connectivity index (χ2n) is 5.39. The standard InChI is InChI=1S/C20H17BrO5/c1-23-13-9-7-12(11-17(13)25-3)8-10-16-19(21)20(22)18-14(24-2)5-4-6-15(18)26-16/h4-11H,1-3H3/b10-8+. The third-order valence-corrected chi connectivity index (χ3v) is 4.66. The lowest BCUT2D eigenvalue weighted by Crippen LogP contribution is -2.05. The fourth-order valence-electron chi connectivity index (χ4n) is 2.61. The van der Waals surface area contributed by atoms with E-state index in [1.54, 1.807) is 38.5 Å². The lowest BCUT2D eigenvalue weighted by Gasteiger charge is -2.08. The van der Waals surface area contributed by atoms with E-state index in [4.69, 9.17) is 18.6 Å². The second kappa shape index (κ2) is 7.66. The Morgan fingerprint density at radius 1 is 0.923 bits per heavy atom. The average Bonchev–Trinajstić information content (AvgIpc) is 2.68. The zero-order chi connectivity index (χ0) is 18.7. The van der Waals surface area contributed by atoms with E-state index in [0.717, 1.165) is 5.56 Å². The van der Waals surface area contributed by atoms with Crippen molar-refractivity contribution in [3.8, 4) is 17.2 Å². The molecule has 0 aliphatic rings. The first kappa shape index (κ1) is 18.1. The van der Waals surface area contributed by atoms with Crippen LogP contribution in [0.25, 0.3) is 23.1 Å². The fourth-order valence-corrected chi connectivity index (χ4v) is 3.02. The van der Waals surface area contributed by atoms with Crippen LogP contribution in [0.3, 0.4) is 0 Å². The van der Waals surface area contributed by atoms with E-state index in [2.05, 4.69) is 15.9 Å². The molecule has 3 rings (SSSR count). The fraction of sp³-hybridized carbons (Fsp3) is 0.150. The van der Waals surface area contributed by atoms with Gasteiger partial charge in [0, 0.05) is 0 Å². The lowest BCUT2D eigenvalue weighted by atomic mass is 10.1. The summed E-state index contributed by atoms with van der Waals surface area (Å²) in [5.41, 5.74) is 1.16. The number of fused-ring (bicyclic) bond motifs is 1. The molecule has 134 valence electrons. The van der Waals surface area contributed by atoms with Gasteiger partial charge in [-0.15, -0.1) is 0 Å². The molecule has 3 aromatic rings. The van der Waals surface area contributed by atoms with E-state index in [-0.39, 0.29) is 5.43 Å². The maximum atomic E-state index is 12.7. The predicted molar refractivity (Wildman–Crippen MR) is 105 cm³/mol. The van der Waals surface area contributed by atoms with E-state index in [0.29, 0.717) is 38.5 Å². The van der Waals surface area contributed by atoms with Crippen molar-refractivity contribution in [2.24, 2.45) is 0 Å². The molecule has 0 aliphatic carbocycles. The van der Waals surface area contributed by atoms with Crippen LogP contribution in [0.4, 0.5) is 0 Å². The minimum absolute atomic E-state index is 0.185. The summed E-state index contributed by atoms with van der Waals surface area (Å²) in [6.07, 6.45) is 3.56. The Labute approximate surface area is 158 Å². The highest BCUT2D eigenvalue weighted by Crippen LogP contribution is 2.30. The second-order valence-corrected chi connectivity index (χ2v) is 6.18. The predicted octanol–water partition coefficient (Wildman–Crippen LogP) is 4.75. The quantitative estimate of drug-likeness (QED) is 0.600. The van der Waals surface area contributed by atoms with Crippen molar-refractivity contribution in [2.45, 2.75) is 0 Å². The Hall–Kier alpha value is -2.73. The Morgan fingerprint density at radius 3 is 2.35 bits per heavy atom. The maximum Gasteiger partial charge on any atom is 0.211 e. The molecule has 0 spiro atoms. The van der Waals surface area contributed by atoms with Crippen molar-refractivity contribution >= 4 is 39.1 Å². The monoisotopic (exact) mass is 416 g/mol. The van der Waals surface area contributed by atoms with Crippen molar-refractivity contribution in [2.75, 3.05) is 21.3 Å². The van der Waals surface area contributed by atoms with Crippen LogP contribution in [0.5, 0.6) is 17.2 Å². The Balaban J connectivity index is 2.05. The third kappa shape index (κ3) is 3.32. The van der Waals surface area contributed by atoms with Crippen LogP contribution < -0.4 is 19.6 Å². The van der Waals surface area contributed by atoms with Gasteiger partial charge in [0.2, 0.25) is 5.43 Å². The molecule has 0 saturated carbocycles. The minimum Gasteiger partial charge on any atom is -0.496 e. The van der Waals surface area contributed by atoms with Crippen LogP contribution >= 0.6 is 15.9 Å². The molecule has 1 aromatic heterocycles. The number of hydrogen-bond acceptors (Lipinski definition) is 5. The Bertz CT molecular complexity index is 1040. The van der Waals surface area contributed by atoms with Crippen molar-refractivity contribution < 1.29 is 18.6 Å². The zero-order valence-corrected chi connectivity index (χ0v) is 16.1. The van der Waals surface area contributed by atoms with E-state index in [1.165, 1.54) is 7.11 Å². The first-order valence-electron chi connectivity index (χ1n) is 7.78. The Morgan fingerprint density at radius 2 is 1.65 bits per heavy atom. The van der Waals surface area contributed by atoms with Crippen LogP contribution in [-0.4, -0.2) is 21.3 Å². The molecule has 5 nitrogen and oxygen atoms in total. The molecule has 6 heteroatoms. The van der Waals surface area contributed by atoms with Gasteiger partial charge >= 0.3 is 0 Å². The van der Waals surface area contributed by atoms with Gasteiger partial charge < -0.3 is 18.6 Å². The highest BCUT2D eigenvalue weighted by molar-refractivity contribution is 9.10. The van der Waals surface area contributed by atoms with Gasteiger partial charge in [0.15, 0.2) is 11.5 Å². The first-order chi connectivity index (χ1) is 12.6. The summed E-state index contributed by atoms with van der Waals surface area (Å²) < 4.78 is 22.0. The zero-order valence-electron chi connectivity index (χ0n) is 14.5. The molecule has 0 atom stereocenters. The molecule has 0 saturated heterocycles. The van der Waals surface area contributed by atoms with Crippen LogP contribution in [0.2, 0.25) is 0 Å². The summed E-state index contributed by atoms with van der Waals surface area (Å²) in [6.45, 7) is 0. The van der Waals surface area contributed by atoms with Crippen molar-refractivity contribution in [1.29, 1.82) is 0 Å². The van der Waals surface area contributed by atoms with Gasteiger partial charge in [0.05, 0.1) is 21.3 Å². The van der Waals surface area contributed by atoms with E-state index >= 15 is 0 Å². The highest BCUT2D eigenvalue weighted by atomic mass is 79.9. The number of methoxy groups -OCH3 is 3. The summed E-state index contributed by atoms with van der Waals surface area (Å²) in [5.74, 6) is 2.17. The van der Waals surface area contributed by atoms with E-state index in [1.807, 2.05) is 24.3 Å². The lowest BCUT2D eigenvalue weighted by molar-refractivity contribution is 0.355. The number of ether oxygens (including phenoxy) is 3. The number of hydrogen-bond donors (Lipinski definition) is 0. The number of halogens is 1. The highest BCUT2D eigenvalue weighted by Gasteiger charge is 2.14. The summed E-state index contributed by atoms with van der Waals surface area (Å²) >= 11 is 3.33. The van der Waals surface area contributed by atoms with Crippen molar-refractivity contribution in [3.05, 3.63) is 62.4 Å². The van der Waals surface area contributed by atoms with Gasteiger partial charge in [-0.2, -0.15) is 0 Å². The summed E-state index contributed by atoms with van der Waals surface area (Å²) in [7, 11) is 4.69. The van der Waals surface area contributed by atoms with E-state index < -0.39 is 0 Å². The summed E-state index contributed by atoms with van der Waals surface area (Å²) in [5, 5.41) is 0.408. The molecule has 0 N–H and O–H groups in total. The molecule has 0 radical (unpaired) electrons. The van der Waals surface area contributed by atoms with E-state index in [9.17, 15) is 4.79 Å². The van der Waals surface area contributed by atoms with Gasteiger partial charge in [-0.1, -0.05) is 18.2 Å². The molecule has 0 aliphatic heterocycles. The first-order valence-corrected chi connectivity index (χ1v) is 8.57. The molecule has 0 unspecified atom stereocenters. The van der Waals surface area contributed by atoms with Gasteiger partial charge in [-0.25, -0.2) is 0 Å². The summed E-state index contributed by atoms with van der Waals surface area (Å²) in [6, 6.07) is 10.8.